The standard InChI is InChI=1S/C13H16BrNO4/c1-9(13(17)18)15-12(16)7-4-8-19-11-6-3-2-5-10(11)14/h2-3,5-6,9H,4,7-8H2,1H3,(H,15,16)(H,17,18)/t9-/m1/s1. The summed E-state index contributed by atoms with van der Waals surface area (Å²) in [6.45, 7) is 1.83. The van der Waals surface area contributed by atoms with E-state index in [4.69, 9.17) is 9.84 Å². The minimum atomic E-state index is -1.04. The summed E-state index contributed by atoms with van der Waals surface area (Å²) in [5.41, 5.74) is 0. The molecule has 0 radical (unpaired) electrons. The second kappa shape index (κ2) is 7.78. The number of aliphatic carboxylic acids is 1. The Bertz CT molecular complexity index is 450. The highest BCUT2D eigenvalue weighted by atomic mass is 79.9. The van der Waals surface area contributed by atoms with Gasteiger partial charge in [0.1, 0.15) is 11.8 Å². The van der Waals surface area contributed by atoms with Crippen LogP contribution < -0.4 is 10.1 Å². The van der Waals surface area contributed by atoms with Gasteiger partial charge in [0.05, 0.1) is 11.1 Å². The van der Waals surface area contributed by atoms with E-state index in [1.165, 1.54) is 6.92 Å². The zero-order valence-electron chi connectivity index (χ0n) is 10.6. The van der Waals surface area contributed by atoms with Gasteiger partial charge in [0.15, 0.2) is 0 Å². The van der Waals surface area contributed by atoms with Crippen molar-refractivity contribution < 1.29 is 19.4 Å². The molecule has 2 N–H and O–H groups in total. The van der Waals surface area contributed by atoms with Gasteiger partial charge in [-0.1, -0.05) is 12.1 Å². The average Bonchev–Trinajstić information content (AvgIpc) is 2.36. The van der Waals surface area contributed by atoms with E-state index in [1.807, 2.05) is 24.3 Å². The van der Waals surface area contributed by atoms with E-state index >= 15 is 0 Å². The molecule has 5 nitrogen and oxygen atoms in total. The highest BCUT2D eigenvalue weighted by molar-refractivity contribution is 9.10. The summed E-state index contributed by atoms with van der Waals surface area (Å²) in [5, 5.41) is 11.0. The van der Waals surface area contributed by atoms with Crippen LogP contribution in [-0.2, 0) is 9.59 Å². The number of carboxylic acids is 1. The van der Waals surface area contributed by atoms with Crippen molar-refractivity contribution in [1.82, 2.24) is 5.32 Å². The summed E-state index contributed by atoms with van der Waals surface area (Å²) in [5.74, 6) is -0.606. The zero-order chi connectivity index (χ0) is 14.3. The third-order valence-electron chi connectivity index (χ3n) is 2.39. The van der Waals surface area contributed by atoms with Gasteiger partial charge in [-0.15, -0.1) is 0 Å². The number of benzene rings is 1. The van der Waals surface area contributed by atoms with Crippen molar-refractivity contribution in [1.29, 1.82) is 0 Å². The Morgan fingerprint density at radius 1 is 1.42 bits per heavy atom. The number of amides is 1. The van der Waals surface area contributed by atoms with E-state index in [0.717, 1.165) is 10.2 Å². The first-order chi connectivity index (χ1) is 9.00. The second-order valence-electron chi connectivity index (χ2n) is 4.01. The van der Waals surface area contributed by atoms with E-state index in [2.05, 4.69) is 21.2 Å². The molecule has 0 saturated heterocycles. The molecule has 0 fully saturated rings. The molecule has 1 aromatic rings. The number of nitrogens with one attached hydrogen (secondary N) is 1. The maximum Gasteiger partial charge on any atom is 0.325 e. The van der Waals surface area contributed by atoms with Gasteiger partial charge in [-0.2, -0.15) is 0 Å². The van der Waals surface area contributed by atoms with E-state index in [9.17, 15) is 9.59 Å². The fourth-order valence-electron chi connectivity index (χ4n) is 1.35. The summed E-state index contributed by atoms with van der Waals surface area (Å²) in [4.78, 5) is 21.9. The van der Waals surface area contributed by atoms with E-state index in [-0.39, 0.29) is 12.3 Å². The van der Waals surface area contributed by atoms with E-state index in [1.54, 1.807) is 0 Å². The van der Waals surface area contributed by atoms with Crippen LogP contribution in [0.4, 0.5) is 0 Å². The summed E-state index contributed by atoms with van der Waals surface area (Å²) in [7, 11) is 0. The van der Waals surface area contributed by atoms with Crippen molar-refractivity contribution in [3.05, 3.63) is 28.7 Å². The van der Waals surface area contributed by atoms with Crippen molar-refractivity contribution in [2.24, 2.45) is 0 Å². The zero-order valence-corrected chi connectivity index (χ0v) is 12.1. The van der Waals surface area contributed by atoms with Crippen molar-refractivity contribution in [2.75, 3.05) is 6.61 Å². The molecule has 1 atom stereocenters. The number of para-hydroxylation sites is 1. The average molecular weight is 330 g/mol. The first kappa shape index (κ1) is 15.5. The highest BCUT2D eigenvalue weighted by Gasteiger charge is 2.13. The number of hydrogen-bond donors (Lipinski definition) is 2. The molecule has 0 aliphatic carbocycles. The van der Waals surface area contributed by atoms with Crippen molar-refractivity contribution in [3.8, 4) is 5.75 Å². The number of hydrogen-bond acceptors (Lipinski definition) is 3. The van der Waals surface area contributed by atoms with Crippen LogP contribution in [0.3, 0.4) is 0 Å². The molecular formula is C13H16BrNO4. The number of ether oxygens (including phenoxy) is 1. The van der Waals surface area contributed by atoms with Crippen LogP contribution in [0.15, 0.2) is 28.7 Å². The maximum absolute atomic E-state index is 11.4. The van der Waals surface area contributed by atoms with Crippen LogP contribution in [0.2, 0.25) is 0 Å². The molecule has 0 bridgehead atoms. The summed E-state index contributed by atoms with van der Waals surface area (Å²) in [6, 6.07) is 6.59. The topological polar surface area (TPSA) is 75.6 Å². The Balaban J connectivity index is 2.23. The number of halogens is 1. The first-order valence-electron chi connectivity index (χ1n) is 5.90. The minimum Gasteiger partial charge on any atom is -0.492 e. The van der Waals surface area contributed by atoms with Crippen LogP contribution in [-0.4, -0.2) is 29.6 Å². The molecule has 19 heavy (non-hydrogen) atoms. The highest BCUT2D eigenvalue weighted by Crippen LogP contribution is 2.23. The van der Waals surface area contributed by atoms with Crippen LogP contribution in [0.25, 0.3) is 0 Å². The van der Waals surface area contributed by atoms with Gasteiger partial charge in [0.2, 0.25) is 5.91 Å². The van der Waals surface area contributed by atoms with Crippen molar-refractivity contribution in [2.45, 2.75) is 25.8 Å². The number of carbonyl (C=O) groups is 2. The predicted octanol–water partition coefficient (Wildman–Crippen LogP) is 2.20. The van der Waals surface area contributed by atoms with E-state index in [0.29, 0.717) is 13.0 Å². The number of carbonyl (C=O) groups excluding carboxylic acids is 1. The van der Waals surface area contributed by atoms with Crippen molar-refractivity contribution in [3.63, 3.8) is 0 Å². The lowest BCUT2D eigenvalue weighted by molar-refractivity contribution is -0.141. The van der Waals surface area contributed by atoms with Crippen LogP contribution in [0.5, 0.6) is 5.75 Å². The number of carboxylic acid groups (broad SMARTS) is 1. The largest absolute Gasteiger partial charge is 0.492 e. The Labute approximate surface area is 120 Å². The van der Waals surface area contributed by atoms with Crippen LogP contribution >= 0.6 is 15.9 Å². The van der Waals surface area contributed by atoms with Crippen LogP contribution in [0, 0.1) is 0 Å². The van der Waals surface area contributed by atoms with Gasteiger partial charge in [0, 0.05) is 6.42 Å². The smallest absolute Gasteiger partial charge is 0.325 e. The fourth-order valence-corrected chi connectivity index (χ4v) is 1.75. The lowest BCUT2D eigenvalue weighted by Crippen LogP contribution is -2.38. The quantitative estimate of drug-likeness (QED) is 0.752. The lowest BCUT2D eigenvalue weighted by atomic mass is 10.2. The molecule has 1 amide bonds. The van der Waals surface area contributed by atoms with E-state index < -0.39 is 12.0 Å². The molecule has 1 aromatic carbocycles. The molecule has 0 unspecified atom stereocenters. The molecule has 1 rings (SSSR count). The first-order valence-corrected chi connectivity index (χ1v) is 6.69. The van der Waals surface area contributed by atoms with Gasteiger partial charge >= 0.3 is 5.97 Å². The van der Waals surface area contributed by atoms with Crippen LogP contribution in [0.1, 0.15) is 19.8 Å². The summed E-state index contributed by atoms with van der Waals surface area (Å²) in [6.07, 6.45) is 0.765. The van der Waals surface area contributed by atoms with Gasteiger partial charge in [-0.3, -0.25) is 9.59 Å². The fraction of sp³-hybridized carbons (Fsp3) is 0.385. The second-order valence-corrected chi connectivity index (χ2v) is 4.86. The minimum absolute atomic E-state index is 0.238. The predicted molar refractivity (Wildman–Crippen MR) is 74.1 cm³/mol. The Kier molecular flexibility index (Phi) is 6.35. The van der Waals surface area contributed by atoms with Gasteiger partial charge < -0.3 is 15.2 Å². The molecule has 0 aliphatic heterocycles. The molecule has 104 valence electrons. The summed E-state index contributed by atoms with van der Waals surface area (Å²) < 4.78 is 6.36. The Morgan fingerprint density at radius 2 is 2.11 bits per heavy atom. The normalized spacial score (nSPS) is 11.7. The molecule has 0 aliphatic rings. The van der Waals surface area contributed by atoms with Gasteiger partial charge in [-0.25, -0.2) is 0 Å². The molecule has 6 heteroatoms. The monoisotopic (exact) mass is 329 g/mol. The third kappa shape index (κ3) is 5.74. The Hall–Kier alpha value is -1.56. The molecule has 0 heterocycles. The lowest BCUT2D eigenvalue weighted by Gasteiger charge is -2.10. The third-order valence-corrected chi connectivity index (χ3v) is 3.05. The van der Waals surface area contributed by atoms with Gasteiger partial charge in [-0.05, 0) is 41.4 Å². The maximum atomic E-state index is 11.4. The number of rotatable bonds is 7. The molecule has 0 spiro atoms. The van der Waals surface area contributed by atoms with Crippen molar-refractivity contribution >= 4 is 27.8 Å². The Morgan fingerprint density at radius 3 is 2.74 bits per heavy atom. The molecule has 0 saturated carbocycles. The molecular weight excluding hydrogens is 314 g/mol. The SMILES string of the molecule is C[C@@H](NC(=O)CCCOc1ccccc1Br)C(=O)O. The molecule has 0 aromatic heterocycles. The summed E-state index contributed by atoms with van der Waals surface area (Å²) >= 11 is 3.36. The van der Waals surface area contributed by atoms with Gasteiger partial charge in [0.25, 0.3) is 0 Å².